The summed E-state index contributed by atoms with van der Waals surface area (Å²) in [5.41, 5.74) is 0.451. The Bertz CT molecular complexity index is 232. The quantitative estimate of drug-likeness (QED) is 0.375. The number of rotatable bonds is 4. The van der Waals surface area contributed by atoms with Gasteiger partial charge in [-0.25, -0.2) is 4.79 Å². The molecule has 3 nitrogen and oxygen atoms in total. The van der Waals surface area contributed by atoms with Gasteiger partial charge in [0.05, 0.1) is 13.7 Å². The van der Waals surface area contributed by atoms with Crippen LogP contribution in [0.1, 0.15) is 19.8 Å². The van der Waals surface area contributed by atoms with Crippen LogP contribution in [0, 0.1) is 12.0 Å². The van der Waals surface area contributed by atoms with Crippen molar-refractivity contribution in [3.8, 4) is 12.0 Å². The van der Waals surface area contributed by atoms with Gasteiger partial charge in [-0.1, -0.05) is 12.5 Å². The van der Waals surface area contributed by atoms with Crippen molar-refractivity contribution in [2.45, 2.75) is 19.8 Å². The molecule has 0 fully saturated rings. The van der Waals surface area contributed by atoms with Gasteiger partial charge < -0.3 is 9.47 Å². The van der Waals surface area contributed by atoms with Crippen molar-refractivity contribution in [2.75, 3.05) is 13.7 Å². The Kier molecular flexibility index (Phi) is 6.44. The third-order valence-corrected chi connectivity index (χ3v) is 1.29. The molecular weight excluding hydrogens is 168 g/mol. The van der Waals surface area contributed by atoms with Crippen LogP contribution < -0.4 is 0 Å². The van der Waals surface area contributed by atoms with Crippen LogP contribution in [0.4, 0.5) is 0 Å². The minimum atomic E-state index is -0.346. The Labute approximate surface area is 78.7 Å². The normalized spacial score (nSPS) is 8.15. The Balaban J connectivity index is 3.68. The molecule has 0 radical (unpaired) electrons. The first kappa shape index (κ1) is 11.6. The van der Waals surface area contributed by atoms with Crippen LogP contribution in [0.3, 0.4) is 0 Å². The molecule has 0 heterocycles. The highest BCUT2D eigenvalue weighted by molar-refractivity contribution is 5.87. The van der Waals surface area contributed by atoms with Crippen LogP contribution >= 0.6 is 0 Å². The lowest BCUT2D eigenvalue weighted by molar-refractivity contribution is -0.138. The highest BCUT2D eigenvalue weighted by atomic mass is 16.5. The summed E-state index contributed by atoms with van der Waals surface area (Å²) in [7, 11) is 1.49. The van der Waals surface area contributed by atoms with Crippen LogP contribution in [0.5, 0.6) is 0 Å². The zero-order valence-corrected chi connectivity index (χ0v) is 8.05. The Morgan fingerprint density at radius 2 is 2.23 bits per heavy atom. The first-order chi connectivity index (χ1) is 6.22. The molecule has 0 aliphatic carbocycles. The largest absolute Gasteiger partial charge is 0.463 e. The van der Waals surface area contributed by atoms with Crippen molar-refractivity contribution < 1.29 is 14.3 Å². The van der Waals surface area contributed by atoms with E-state index in [9.17, 15) is 4.79 Å². The molecule has 0 atom stereocenters. The predicted octanol–water partition coefficient (Wildman–Crippen LogP) is 1.49. The lowest BCUT2D eigenvalue weighted by Gasteiger charge is -2.01. The summed E-state index contributed by atoms with van der Waals surface area (Å²) in [6.45, 7) is 5.72. The summed E-state index contributed by atoms with van der Waals surface area (Å²) in [5.74, 6) is 2.38. The van der Waals surface area contributed by atoms with Crippen LogP contribution in [0.15, 0.2) is 12.2 Å². The van der Waals surface area contributed by atoms with Crippen molar-refractivity contribution in [1.29, 1.82) is 0 Å². The molecule has 0 aromatic rings. The van der Waals surface area contributed by atoms with Crippen molar-refractivity contribution in [1.82, 2.24) is 0 Å². The highest BCUT2D eigenvalue weighted by Gasteiger charge is 2.05. The average Bonchev–Trinajstić information content (AvgIpc) is 2.12. The van der Waals surface area contributed by atoms with E-state index in [1.807, 2.05) is 0 Å². The van der Waals surface area contributed by atoms with Gasteiger partial charge in [-0.3, -0.25) is 0 Å². The zero-order chi connectivity index (χ0) is 10.1. The maximum atomic E-state index is 11.0. The molecule has 0 unspecified atom stereocenters. The summed E-state index contributed by atoms with van der Waals surface area (Å²) in [5, 5.41) is 0. The summed E-state index contributed by atoms with van der Waals surface area (Å²) >= 11 is 0. The fraction of sp³-hybridized carbons (Fsp3) is 0.500. The molecule has 0 bridgehead atoms. The topological polar surface area (TPSA) is 35.5 Å². The van der Waals surface area contributed by atoms with E-state index in [0.29, 0.717) is 25.0 Å². The molecule has 0 saturated heterocycles. The molecule has 0 aromatic heterocycles. The smallest absolute Gasteiger partial charge is 0.333 e. The minimum absolute atomic E-state index is 0.346. The summed E-state index contributed by atoms with van der Waals surface area (Å²) in [6, 6.07) is 0. The van der Waals surface area contributed by atoms with Gasteiger partial charge in [-0.2, -0.15) is 0 Å². The van der Waals surface area contributed by atoms with Gasteiger partial charge >= 0.3 is 5.97 Å². The number of carbonyl (C=O) groups excluding carboxylic acids is 1. The molecule has 13 heavy (non-hydrogen) atoms. The molecule has 0 aliphatic heterocycles. The predicted molar refractivity (Wildman–Crippen MR) is 49.8 cm³/mol. The number of methoxy groups -OCH3 is 1. The van der Waals surface area contributed by atoms with E-state index in [1.54, 1.807) is 6.92 Å². The second-order valence-corrected chi connectivity index (χ2v) is 2.31. The van der Waals surface area contributed by atoms with Gasteiger partial charge in [-0.15, -0.1) is 0 Å². The molecule has 72 valence electrons. The molecule has 0 N–H and O–H groups in total. The first-order valence-corrected chi connectivity index (χ1v) is 4.08. The zero-order valence-electron chi connectivity index (χ0n) is 8.05. The molecule has 0 spiro atoms. The fourth-order valence-corrected chi connectivity index (χ4v) is 0.672. The van der Waals surface area contributed by atoms with Gasteiger partial charge in [0.15, 0.2) is 0 Å². The van der Waals surface area contributed by atoms with Gasteiger partial charge in [0, 0.05) is 12.0 Å². The maximum Gasteiger partial charge on any atom is 0.333 e. The molecule has 0 saturated carbocycles. The SMILES string of the molecule is C=C(CCC#COC)C(=O)OCC. The van der Waals surface area contributed by atoms with Gasteiger partial charge in [-0.05, 0) is 13.3 Å². The number of ether oxygens (including phenoxy) is 2. The number of carbonyl (C=O) groups is 1. The van der Waals surface area contributed by atoms with Crippen LogP contribution in [-0.2, 0) is 14.3 Å². The van der Waals surface area contributed by atoms with Crippen molar-refractivity contribution >= 4 is 5.97 Å². The van der Waals surface area contributed by atoms with Gasteiger partial charge in [0.2, 0.25) is 0 Å². The molecule has 3 heteroatoms. The maximum absolute atomic E-state index is 11.0. The molecule has 0 aliphatic rings. The standard InChI is InChI=1S/C10H14O3/c1-4-13-10(11)9(2)7-5-6-8-12-3/h2,4-5,7H2,1,3H3. The lowest BCUT2D eigenvalue weighted by atomic mass is 10.2. The van der Waals surface area contributed by atoms with E-state index in [-0.39, 0.29) is 5.97 Å². The Morgan fingerprint density at radius 3 is 2.77 bits per heavy atom. The molecule has 0 aromatic carbocycles. The van der Waals surface area contributed by atoms with Crippen molar-refractivity contribution in [2.24, 2.45) is 0 Å². The number of hydrogen-bond donors (Lipinski definition) is 0. The third kappa shape index (κ3) is 5.80. The monoisotopic (exact) mass is 182 g/mol. The third-order valence-electron chi connectivity index (χ3n) is 1.29. The first-order valence-electron chi connectivity index (χ1n) is 4.08. The summed E-state index contributed by atoms with van der Waals surface area (Å²) in [4.78, 5) is 11.0. The van der Waals surface area contributed by atoms with E-state index in [1.165, 1.54) is 7.11 Å². The van der Waals surface area contributed by atoms with E-state index in [4.69, 9.17) is 4.74 Å². The van der Waals surface area contributed by atoms with Crippen LogP contribution in [-0.4, -0.2) is 19.7 Å². The number of esters is 1. The van der Waals surface area contributed by atoms with Crippen molar-refractivity contribution in [3.05, 3.63) is 12.2 Å². The van der Waals surface area contributed by atoms with Crippen LogP contribution in [0.25, 0.3) is 0 Å². The van der Waals surface area contributed by atoms with Crippen LogP contribution in [0.2, 0.25) is 0 Å². The highest BCUT2D eigenvalue weighted by Crippen LogP contribution is 2.03. The second kappa shape index (κ2) is 7.23. The van der Waals surface area contributed by atoms with E-state index >= 15 is 0 Å². The summed E-state index contributed by atoms with van der Waals surface area (Å²) < 4.78 is 9.27. The fourth-order valence-electron chi connectivity index (χ4n) is 0.672. The number of hydrogen-bond acceptors (Lipinski definition) is 3. The Morgan fingerprint density at radius 1 is 1.54 bits per heavy atom. The Hall–Kier alpha value is -1.43. The van der Waals surface area contributed by atoms with E-state index in [2.05, 4.69) is 23.3 Å². The molecule has 0 rings (SSSR count). The average molecular weight is 182 g/mol. The van der Waals surface area contributed by atoms with Crippen molar-refractivity contribution in [3.63, 3.8) is 0 Å². The second-order valence-electron chi connectivity index (χ2n) is 2.31. The van der Waals surface area contributed by atoms with Gasteiger partial charge in [0.1, 0.15) is 6.11 Å². The molecular formula is C10H14O3. The van der Waals surface area contributed by atoms with E-state index < -0.39 is 0 Å². The van der Waals surface area contributed by atoms with Gasteiger partial charge in [0.25, 0.3) is 0 Å². The molecule has 0 amide bonds. The summed E-state index contributed by atoms with van der Waals surface area (Å²) in [6.07, 6.45) is 3.52. The lowest BCUT2D eigenvalue weighted by Crippen LogP contribution is -2.06. The van der Waals surface area contributed by atoms with E-state index in [0.717, 1.165) is 0 Å². The minimum Gasteiger partial charge on any atom is -0.463 e.